The van der Waals surface area contributed by atoms with Gasteiger partial charge in [-0.05, 0) is 12.8 Å². The third kappa shape index (κ3) is 2.62. The summed E-state index contributed by atoms with van der Waals surface area (Å²) in [6.45, 7) is 1.42. The highest BCUT2D eigenvalue weighted by atomic mass is 32.1. The Bertz CT molecular complexity index is 600. The highest BCUT2D eigenvalue weighted by molar-refractivity contribution is 7.13. The van der Waals surface area contributed by atoms with Gasteiger partial charge in [-0.1, -0.05) is 0 Å². The number of nitrogens with zero attached hydrogens (tertiary/aromatic N) is 4. The van der Waals surface area contributed by atoms with E-state index >= 15 is 0 Å². The highest BCUT2D eigenvalue weighted by Crippen LogP contribution is 2.29. The average Bonchev–Trinajstić information content (AvgIpc) is 2.94. The number of carbonyl (C=O) groups excluding carboxylic acids is 1. The van der Waals surface area contributed by atoms with Gasteiger partial charge in [-0.25, -0.2) is 9.97 Å². The summed E-state index contributed by atoms with van der Waals surface area (Å²) >= 11 is 1.44. The smallest absolute Gasteiger partial charge is 0.274 e. The van der Waals surface area contributed by atoms with Gasteiger partial charge in [-0.3, -0.25) is 9.78 Å². The minimum atomic E-state index is -0.0639. The molecule has 2 N–H and O–H groups in total. The first kappa shape index (κ1) is 13.0. The quantitative estimate of drug-likeness (QED) is 0.906. The van der Waals surface area contributed by atoms with Gasteiger partial charge in [-0.2, -0.15) is 0 Å². The first-order valence-electron chi connectivity index (χ1n) is 6.50. The van der Waals surface area contributed by atoms with Crippen molar-refractivity contribution in [2.45, 2.75) is 18.8 Å². The fourth-order valence-electron chi connectivity index (χ4n) is 2.46. The van der Waals surface area contributed by atoms with Crippen LogP contribution in [0.5, 0.6) is 0 Å². The van der Waals surface area contributed by atoms with Crippen molar-refractivity contribution in [1.82, 2.24) is 19.9 Å². The van der Waals surface area contributed by atoms with Gasteiger partial charge in [0, 0.05) is 36.8 Å². The van der Waals surface area contributed by atoms with Crippen molar-refractivity contribution < 1.29 is 4.79 Å². The fraction of sp³-hybridized carbons (Fsp3) is 0.385. The summed E-state index contributed by atoms with van der Waals surface area (Å²) in [6.07, 6.45) is 6.61. The second-order valence-corrected chi connectivity index (χ2v) is 5.68. The molecule has 0 aromatic carbocycles. The molecule has 0 radical (unpaired) electrons. The molecule has 0 spiro atoms. The summed E-state index contributed by atoms with van der Waals surface area (Å²) in [5.41, 5.74) is 7.06. The molecule has 1 amide bonds. The number of amides is 1. The summed E-state index contributed by atoms with van der Waals surface area (Å²) in [5.74, 6) is 0.198. The normalized spacial score (nSPS) is 19.0. The Labute approximate surface area is 120 Å². The molecule has 0 aliphatic carbocycles. The number of rotatable bonds is 2. The second kappa shape index (κ2) is 5.54. The van der Waals surface area contributed by atoms with Gasteiger partial charge in [0.2, 0.25) is 0 Å². The summed E-state index contributed by atoms with van der Waals surface area (Å²) in [7, 11) is 0. The van der Waals surface area contributed by atoms with Crippen LogP contribution in [0, 0.1) is 0 Å². The maximum Gasteiger partial charge on any atom is 0.274 e. The lowest BCUT2D eigenvalue weighted by molar-refractivity contribution is 0.0699. The maximum absolute atomic E-state index is 12.4. The van der Waals surface area contributed by atoms with Crippen LogP contribution in [0.2, 0.25) is 0 Å². The number of piperidine rings is 1. The monoisotopic (exact) mass is 289 g/mol. The van der Waals surface area contributed by atoms with Crippen LogP contribution in [0.25, 0.3) is 0 Å². The van der Waals surface area contributed by atoms with E-state index in [1.807, 2.05) is 10.3 Å². The number of hydrogen-bond acceptors (Lipinski definition) is 6. The molecule has 2 aromatic rings. The van der Waals surface area contributed by atoms with Crippen LogP contribution in [0.15, 0.2) is 24.0 Å². The van der Waals surface area contributed by atoms with Crippen molar-refractivity contribution >= 4 is 22.4 Å². The number of anilines is 1. The zero-order valence-electron chi connectivity index (χ0n) is 10.9. The van der Waals surface area contributed by atoms with Crippen molar-refractivity contribution in [2.75, 3.05) is 18.8 Å². The van der Waals surface area contributed by atoms with E-state index < -0.39 is 0 Å². The summed E-state index contributed by atoms with van der Waals surface area (Å²) < 4.78 is 0. The van der Waals surface area contributed by atoms with Crippen LogP contribution in [0.4, 0.5) is 5.13 Å². The Hall–Kier alpha value is -2.02. The van der Waals surface area contributed by atoms with Crippen LogP contribution in [-0.2, 0) is 0 Å². The van der Waals surface area contributed by atoms with Gasteiger partial charge in [0.05, 0.1) is 11.9 Å². The molecule has 2 aromatic heterocycles. The molecule has 7 heteroatoms. The number of likely N-dealkylation sites (tertiary alicyclic amines) is 1. The molecule has 1 saturated heterocycles. The number of aromatic nitrogens is 3. The molecular formula is C13H15N5OS. The summed E-state index contributed by atoms with van der Waals surface area (Å²) in [4.78, 5) is 26.5. The first-order chi connectivity index (χ1) is 9.74. The lowest BCUT2D eigenvalue weighted by Gasteiger charge is -2.31. The molecule has 0 saturated carbocycles. The molecule has 1 atom stereocenters. The van der Waals surface area contributed by atoms with Crippen LogP contribution in [-0.4, -0.2) is 38.8 Å². The average molecular weight is 289 g/mol. The zero-order chi connectivity index (χ0) is 13.9. The van der Waals surface area contributed by atoms with E-state index in [0.29, 0.717) is 17.4 Å². The summed E-state index contributed by atoms with van der Waals surface area (Å²) in [5, 5.41) is 2.56. The standard InChI is InChI=1S/C13H15N5OS/c14-13-17-11(8-20-13)9-2-1-5-18(7-9)12(19)10-6-15-3-4-16-10/h3-4,6,8-9H,1-2,5,7H2,(H2,14,17)/t9-/m1/s1. The molecule has 1 fully saturated rings. The number of thiazole rings is 1. The van der Waals surface area contributed by atoms with Gasteiger partial charge in [0.25, 0.3) is 5.91 Å². The largest absolute Gasteiger partial charge is 0.375 e. The lowest BCUT2D eigenvalue weighted by Crippen LogP contribution is -2.39. The van der Waals surface area contributed by atoms with E-state index in [1.165, 1.54) is 23.7 Å². The van der Waals surface area contributed by atoms with E-state index in [9.17, 15) is 4.79 Å². The van der Waals surface area contributed by atoms with Crippen LogP contribution in [0.3, 0.4) is 0 Å². The third-order valence-corrected chi connectivity index (χ3v) is 4.14. The zero-order valence-corrected chi connectivity index (χ0v) is 11.7. The highest BCUT2D eigenvalue weighted by Gasteiger charge is 2.27. The van der Waals surface area contributed by atoms with E-state index in [-0.39, 0.29) is 11.8 Å². The Morgan fingerprint density at radius 2 is 2.35 bits per heavy atom. The van der Waals surface area contributed by atoms with Crippen molar-refractivity contribution in [3.8, 4) is 0 Å². The van der Waals surface area contributed by atoms with Crippen molar-refractivity contribution in [2.24, 2.45) is 0 Å². The van der Waals surface area contributed by atoms with Gasteiger partial charge < -0.3 is 10.6 Å². The van der Waals surface area contributed by atoms with Gasteiger partial charge >= 0.3 is 0 Å². The van der Waals surface area contributed by atoms with Crippen LogP contribution < -0.4 is 5.73 Å². The number of nitrogens with two attached hydrogens (primary N) is 1. The Morgan fingerprint density at radius 1 is 1.45 bits per heavy atom. The first-order valence-corrected chi connectivity index (χ1v) is 7.38. The molecule has 3 heterocycles. The summed E-state index contributed by atoms with van der Waals surface area (Å²) in [6, 6.07) is 0. The fourth-order valence-corrected chi connectivity index (χ4v) is 3.11. The minimum absolute atomic E-state index is 0.0639. The lowest BCUT2D eigenvalue weighted by atomic mass is 9.95. The molecule has 3 rings (SSSR count). The van der Waals surface area contributed by atoms with Crippen molar-refractivity contribution in [1.29, 1.82) is 0 Å². The van der Waals surface area contributed by atoms with Crippen molar-refractivity contribution in [3.05, 3.63) is 35.4 Å². The molecule has 0 unspecified atom stereocenters. The predicted octanol–water partition coefficient (Wildman–Crippen LogP) is 1.54. The van der Waals surface area contributed by atoms with E-state index in [0.717, 1.165) is 25.1 Å². The van der Waals surface area contributed by atoms with Gasteiger partial charge in [0.15, 0.2) is 5.13 Å². The molecule has 0 bridgehead atoms. The molecule has 20 heavy (non-hydrogen) atoms. The molecular weight excluding hydrogens is 274 g/mol. The third-order valence-electron chi connectivity index (χ3n) is 3.45. The van der Waals surface area contributed by atoms with Gasteiger partial charge in [0.1, 0.15) is 5.69 Å². The topological polar surface area (TPSA) is 85.0 Å². The Kier molecular flexibility index (Phi) is 3.60. The van der Waals surface area contributed by atoms with E-state index in [2.05, 4.69) is 15.0 Å². The minimum Gasteiger partial charge on any atom is -0.375 e. The Morgan fingerprint density at radius 3 is 3.05 bits per heavy atom. The van der Waals surface area contributed by atoms with Gasteiger partial charge in [-0.15, -0.1) is 11.3 Å². The second-order valence-electron chi connectivity index (χ2n) is 4.79. The van der Waals surface area contributed by atoms with Crippen molar-refractivity contribution in [3.63, 3.8) is 0 Å². The SMILES string of the molecule is Nc1nc([C@@H]2CCCN(C(=O)c3cnccn3)C2)cs1. The predicted molar refractivity (Wildman–Crippen MR) is 76.4 cm³/mol. The molecule has 1 aliphatic heterocycles. The molecule has 1 aliphatic rings. The Balaban J connectivity index is 1.74. The number of nitrogen functional groups attached to an aromatic ring is 1. The van der Waals surface area contributed by atoms with E-state index in [4.69, 9.17) is 5.73 Å². The van der Waals surface area contributed by atoms with Crippen LogP contribution >= 0.6 is 11.3 Å². The number of hydrogen-bond donors (Lipinski definition) is 1. The molecule has 104 valence electrons. The molecule has 6 nitrogen and oxygen atoms in total. The number of carbonyl (C=O) groups is 1. The van der Waals surface area contributed by atoms with E-state index in [1.54, 1.807) is 6.20 Å². The maximum atomic E-state index is 12.4. The van der Waals surface area contributed by atoms with Crippen LogP contribution in [0.1, 0.15) is 34.9 Å².